The Labute approximate surface area is 65.3 Å². The SMILES string of the molecule is CC(C)C(=O)N[C@@H]1CNC1=O. The first-order chi connectivity index (χ1) is 5.11. The highest BCUT2D eigenvalue weighted by Crippen LogP contribution is 1.97. The van der Waals surface area contributed by atoms with Crippen LogP contribution < -0.4 is 10.6 Å². The van der Waals surface area contributed by atoms with Crippen molar-refractivity contribution in [3.63, 3.8) is 0 Å². The first-order valence-electron chi connectivity index (χ1n) is 3.69. The lowest BCUT2D eigenvalue weighted by atomic mass is 10.1. The zero-order chi connectivity index (χ0) is 8.43. The van der Waals surface area contributed by atoms with Crippen molar-refractivity contribution in [2.75, 3.05) is 6.54 Å². The summed E-state index contributed by atoms with van der Waals surface area (Å²) in [4.78, 5) is 21.7. The molecule has 1 heterocycles. The van der Waals surface area contributed by atoms with Crippen molar-refractivity contribution in [3.8, 4) is 0 Å². The summed E-state index contributed by atoms with van der Waals surface area (Å²) in [5.74, 6) is -0.202. The van der Waals surface area contributed by atoms with Crippen molar-refractivity contribution in [1.82, 2.24) is 10.6 Å². The quantitative estimate of drug-likeness (QED) is 0.517. The van der Waals surface area contributed by atoms with Gasteiger partial charge in [-0.2, -0.15) is 0 Å². The predicted molar refractivity (Wildman–Crippen MR) is 39.8 cm³/mol. The van der Waals surface area contributed by atoms with Gasteiger partial charge in [-0.1, -0.05) is 13.8 Å². The van der Waals surface area contributed by atoms with Crippen LogP contribution in [0.3, 0.4) is 0 Å². The van der Waals surface area contributed by atoms with Crippen LogP contribution in [0.1, 0.15) is 13.8 Å². The van der Waals surface area contributed by atoms with E-state index in [1.165, 1.54) is 0 Å². The first-order valence-corrected chi connectivity index (χ1v) is 3.69. The molecule has 0 bridgehead atoms. The smallest absolute Gasteiger partial charge is 0.244 e. The van der Waals surface area contributed by atoms with E-state index < -0.39 is 0 Å². The number of carbonyl (C=O) groups excluding carboxylic acids is 2. The lowest BCUT2D eigenvalue weighted by Crippen LogP contribution is -2.62. The van der Waals surface area contributed by atoms with Crippen LogP contribution in [-0.2, 0) is 9.59 Å². The zero-order valence-electron chi connectivity index (χ0n) is 6.68. The highest BCUT2D eigenvalue weighted by atomic mass is 16.2. The molecule has 2 amide bonds. The van der Waals surface area contributed by atoms with E-state index in [-0.39, 0.29) is 23.8 Å². The second kappa shape index (κ2) is 2.90. The van der Waals surface area contributed by atoms with Crippen molar-refractivity contribution in [1.29, 1.82) is 0 Å². The summed E-state index contributed by atoms with van der Waals surface area (Å²) < 4.78 is 0. The van der Waals surface area contributed by atoms with Crippen LogP contribution in [0.25, 0.3) is 0 Å². The first kappa shape index (κ1) is 8.04. The molecule has 1 atom stereocenters. The molecule has 0 saturated carbocycles. The minimum atomic E-state index is -0.287. The molecule has 1 saturated heterocycles. The van der Waals surface area contributed by atoms with Gasteiger partial charge in [0.15, 0.2) is 0 Å². The van der Waals surface area contributed by atoms with Gasteiger partial charge in [0.2, 0.25) is 11.8 Å². The molecule has 1 aliphatic heterocycles. The van der Waals surface area contributed by atoms with Gasteiger partial charge in [-0.15, -0.1) is 0 Å². The number of hydrogen-bond acceptors (Lipinski definition) is 2. The largest absolute Gasteiger partial charge is 0.352 e. The van der Waals surface area contributed by atoms with Gasteiger partial charge in [-0.05, 0) is 0 Å². The number of rotatable bonds is 2. The van der Waals surface area contributed by atoms with Crippen molar-refractivity contribution in [3.05, 3.63) is 0 Å². The molecule has 1 aliphatic rings. The van der Waals surface area contributed by atoms with E-state index in [2.05, 4.69) is 10.6 Å². The van der Waals surface area contributed by atoms with E-state index in [0.29, 0.717) is 6.54 Å². The summed E-state index contributed by atoms with van der Waals surface area (Å²) in [5, 5.41) is 5.16. The fourth-order valence-electron chi connectivity index (χ4n) is 0.742. The van der Waals surface area contributed by atoms with Crippen molar-refractivity contribution in [2.45, 2.75) is 19.9 Å². The van der Waals surface area contributed by atoms with Crippen molar-refractivity contribution < 1.29 is 9.59 Å². The average Bonchev–Trinajstić information content (AvgIpc) is 1.96. The fourth-order valence-corrected chi connectivity index (χ4v) is 0.742. The molecule has 0 unspecified atom stereocenters. The van der Waals surface area contributed by atoms with E-state index in [0.717, 1.165) is 0 Å². The Kier molecular flexibility index (Phi) is 2.12. The minimum Gasteiger partial charge on any atom is -0.352 e. The monoisotopic (exact) mass is 156 g/mol. The summed E-state index contributed by atoms with van der Waals surface area (Å²) >= 11 is 0. The van der Waals surface area contributed by atoms with Gasteiger partial charge in [0.25, 0.3) is 0 Å². The number of amides is 2. The summed E-state index contributed by atoms with van der Waals surface area (Å²) in [6.45, 7) is 4.16. The molecule has 1 rings (SSSR count). The summed E-state index contributed by atoms with van der Waals surface area (Å²) in [6, 6.07) is -0.287. The highest BCUT2D eigenvalue weighted by Gasteiger charge is 2.29. The van der Waals surface area contributed by atoms with Crippen LogP contribution in [0, 0.1) is 5.92 Å². The highest BCUT2D eigenvalue weighted by molar-refractivity contribution is 5.92. The van der Waals surface area contributed by atoms with Gasteiger partial charge in [0.1, 0.15) is 6.04 Å². The van der Waals surface area contributed by atoms with Gasteiger partial charge >= 0.3 is 0 Å². The number of β-lactam (4-membered cyclic amide) rings is 1. The molecule has 0 aliphatic carbocycles. The Morgan fingerprint density at radius 1 is 1.73 bits per heavy atom. The Bertz CT molecular complexity index is 189. The Morgan fingerprint density at radius 2 is 2.36 bits per heavy atom. The molecule has 0 aromatic rings. The maximum absolute atomic E-state index is 11.0. The molecular formula is C7H12N2O2. The molecular weight excluding hydrogens is 144 g/mol. The summed E-state index contributed by atoms with van der Waals surface area (Å²) in [7, 11) is 0. The average molecular weight is 156 g/mol. The topological polar surface area (TPSA) is 58.2 Å². The molecule has 0 radical (unpaired) electrons. The van der Waals surface area contributed by atoms with Crippen LogP contribution in [0.2, 0.25) is 0 Å². The molecule has 1 fully saturated rings. The van der Waals surface area contributed by atoms with Crippen molar-refractivity contribution in [2.24, 2.45) is 5.92 Å². The van der Waals surface area contributed by atoms with Crippen LogP contribution in [0.4, 0.5) is 0 Å². The molecule has 2 N–H and O–H groups in total. The fraction of sp³-hybridized carbons (Fsp3) is 0.714. The van der Waals surface area contributed by atoms with E-state index in [9.17, 15) is 9.59 Å². The second-order valence-electron chi connectivity index (χ2n) is 2.96. The van der Waals surface area contributed by atoms with Crippen molar-refractivity contribution >= 4 is 11.8 Å². The molecule has 0 spiro atoms. The molecule has 62 valence electrons. The van der Waals surface area contributed by atoms with Crippen LogP contribution in [-0.4, -0.2) is 24.4 Å². The standard InChI is InChI=1S/C7H12N2O2/c1-4(2)6(10)9-5-3-8-7(5)11/h4-5H,3H2,1-2H3,(H,8,11)(H,9,10)/t5-/m1/s1. The number of nitrogens with one attached hydrogen (secondary N) is 2. The van der Waals surface area contributed by atoms with Gasteiger partial charge in [-0.25, -0.2) is 0 Å². The predicted octanol–water partition coefficient (Wildman–Crippen LogP) is -0.743. The molecule has 4 heteroatoms. The maximum Gasteiger partial charge on any atom is 0.244 e. The van der Waals surface area contributed by atoms with E-state index in [1.807, 2.05) is 0 Å². The maximum atomic E-state index is 11.0. The number of carbonyl (C=O) groups is 2. The van der Waals surface area contributed by atoms with E-state index in [1.54, 1.807) is 13.8 Å². The molecule has 4 nitrogen and oxygen atoms in total. The summed E-state index contributed by atoms with van der Waals surface area (Å²) in [6.07, 6.45) is 0. The number of hydrogen-bond donors (Lipinski definition) is 2. The molecule has 0 aromatic carbocycles. The lowest BCUT2D eigenvalue weighted by molar-refractivity contribution is -0.134. The van der Waals surface area contributed by atoms with Gasteiger partial charge in [0, 0.05) is 12.5 Å². The Balaban J connectivity index is 2.31. The minimum absolute atomic E-state index is 0.0524. The third-order valence-electron chi connectivity index (χ3n) is 1.64. The normalized spacial score (nSPS) is 22.5. The lowest BCUT2D eigenvalue weighted by Gasteiger charge is -2.27. The third-order valence-corrected chi connectivity index (χ3v) is 1.64. The van der Waals surface area contributed by atoms with Gasteiger partial charge in [0.05, 0.1) is 0 Å². The zero-order valence-corrected chi connectivity index (χ0v) is 6.68. The van der Waals surface area contributed by atoms with Gasteiger partial charge in [-0.3, -0.25) is 9.59 Å². The Morgan fingerprint density at radius 3 is 2.64 bits per heavy atom. The van der Waals surface area contributed by atoms with E-state index in [4.69, 9.17) is 0 Å². The van der Waals surface area contributed by atoms with Gasteiger partial charge < -0.3 is 10.6 Å². The molecule has 11 heavy (non-hydrogen) atoms. The van der Waals surface area contributed by atoms with E-state index >= 15 is 0 Å². The van der Waals surface area contributed by atoms with Crippen LogP contribution in [0.15, 0.2) is 0 Å². The second-order valence-corrected chi connectivity index (χ2v) is 2.96. The molecule has 0 aromatic heterocycles. The van der Waals surface area contributed by atoms with Crippen LogP contribution >= 0.6 is 0 Å². The van der Waals surface area contributed by atoms with Crippen LogP contribution in [0.5, 0.6) is 0 Å². The summed E-state index contributed by atoms with van der Waals surface area (Å²) in [5.41, 5.74) is 0. The Hall–Kier alpha value is -1.06. The third kappa shape index (κ3) is 1.69.